The van der Waals surface area contributed by atoms with E-state index in [1.54, 1.807) is 11.8 Å². The lowest BCUT2D eigenvalue weighted by molar-refractivity contribution is -0.142. The number of aliphatic carboxylic acids is 1. The lowest BCUT2D eigenvalue weighted by atomic mass is 10.0. The molecule has 2 heterocycles. The lowest BCUT2D eigenvalue weighted by Crippen LogP contribution is -2.43. The number of carboxylic acid groups (broad SMARTS) is 1. The maximum Gasteiger partial charge on any atom is 0.360 e. The molecule has 0 amide bonds. The Kier molecular flexibility index (Phi) is 4.79. The summed E-state index contributed by atoms with van der Waals surface area (Å²) >= 11 is 0. The van der Waals surface area contributed by atoms with Crippen LogP contribution in [-0.4, -0.2) is 54.4 Å². The highest BCUT2D eigenvalue weighted by atomic mass is 16.5. The van der Waals surface area contributed by atoms with E-state index >= 15 is 0 Å². The highest BCUT2D eigenvalue weighted by molar-refractivity contribution is 5.87. The van der Waals surface area contributed by atoms with Gasteiger partial charge in [-0.05, 0) is 13.8 Å². The van der Waals surface area contributed by atoms with Crippen LogP contribution < -0.4 is 4.90 Å². The zero-order valence-corrected chi connectivity index (χ0v) is 11.9. The van der Waals surface area contributed by atoms with Gasteiger partial charge >= 0.3 is 11.9 Å². The summed E-state index contributed by atoms with van der Waals surface area (Å²) in [6.45, 7) is 4.72. The minimum absolute atomic E-state index is 0.0658. The fraction of sp³-hybridized carbons (Fsp3) is 0.615. The van der Waals surface area contributed by atoms with E-state index in [-0.39, 0.29) is 37.6 Å². The number of rotatable bonds is 6. The summed E-state index contributed by atoms with van der Waals surface area (Å²) in [5, 5.41) is 9.21. The Morgan fingerprint density at radius 2 is 2.24 bits per heavy atom. The first-order valence-corrected chi connectivity index (χ1v) is 6.78. The van der Waals surface area contributed by atoms with Gasteiger partial charge in [0.15, 0.2) is 5.69 Å². The summed E-state index contributed by atoms with van der Waals surface area (Å²) in [7, 11) is 0. The maximum absolute atomic E-state index is 11.6. The van der Waals surface area contributed by atoms with Crippen molar-refractivity contribution in [2.45, 2.75) is 19.9 Å². The number of ether oxygens (including phenoxy) is 2. The third kappa shape index (κ3) is 3.15. The zero-order chi connectivity index (χ0) is 15.4. The standard InChI is InChI=1S/C13H18N2O6/c1-3-15(10-7-19-5-8(10)11(16)17)13-14-9(6-21-13)12(18)20-4-2/h6,8,10H,3-5,7H2,1-2H3,(H,16,17). The van der Waals surface area contributed by atoms with Crippen LogP contribution in [0.3, 0.4) is 0 Å². The Labute approximate surface area is 121 Å². The second-order valence-electron chi connectivity index (χ2n) is 4.57. The number of hydrogen-bond acceptors (Lipinski definition) is 7. The van der Waals surface area contributed by atoms with E-state index < -0.39 is 17.9 Å². The van der Waals surface area contributed by atoms with Gasteiger partial charge in [-0.15, -0.1) is 0 Å². The third-order valence-corrected chi connectivity index (χ3v) is 3.33. The molecule has 1 aliphatic rings. The maximum atomic E-state index is 11.6. The van der Waals surface area contributed by atoms with Gasteiger partial charge in [-0.1, -0.05) is 0 Å². The summed E-state index contributed by atoms with van der Waals surface area (Å²) in [5.41, 5.74) is 0.0658. The molecule has 21 heavy (non-hydrogen) atoms. The Bertz CT molecular complexity index is 515. The van der Waals surface area contributed by atoms with E-state index in [4.69, 9.17) is 13.9 Å². The lowest BCUT2D eigenvalue weighted by Gasteiger charge is -2.27. The third-order valence-electron chi connectivity index (χ3n) is 3.33. The molecule has 0 aliphatic carbocycles. The number of esters is 1. The van der Waals surface area contributed by atoms with Gasteiger partial charge in [0.05, 0.1) is 25.9 Å². The number of oxazole rings is 1. The van der Waals surface area contributed by atoms with Crippen molar-refractivity contribution in [3.63, 3.8) is 0 Å². The molecular formula is C13H18N2O6. The molecule has 116 valence electrons. The van der Waals surface area contributed by atoms with Crippen molar-refractivity contribution >= 4 is 18.0 Å². The molecule has 1 fully saturated rings. The van der Waals surface area contributed by atoms with Crippen molar-refractivity contribution < 1.29 is 28.6 Å². The minimum atomic E-state index is -0.923. The number of aromatic nitrogens is 1. The molecule has 0 aromatic carbocycles. The molecule has 8 nitrogen and oxygen atoms in total. The van der Waals surface area contributed by atoms with E-state index in [1.165, 1.54) is 6.26 Å². The van der Waals surface area contributed by atoms with Gasteiger partial charge in [0.2, 0.25) is 0 Å². The molecule has 1 aromatic heterocycles. The van der Waals surface area contributed by atoms with Crippen LogP contribution in [-0.2, 0) is 14.3 Å². The molecule has 1 saturated heterocycles. The number of carbonyl (C=O) groups excluding carboxylic acids is 1. The van der Waals surface area contributed by atoms with E-state index in [1.807, 2.05) is 6.92 Å². The van der Waals surface area contributed by atoms with Gasteiger partial charge in [-0.25, -0.2) is 4.79 Å². The Morgan fingerprint density at radius 1 is 1.48 bits per heavy atom. The van der Waals surface area contributed by atoms with Crippen LogP contribution in [0, 0.1) is 5.92 Å². The van der Waals surface area contributed by atoms with E-state index in [0.29, 0.717) is 6.54 Å². The SMILES string of the molecule is CCOC(=O)c1coc(N(CC)C2COCC2C(=O)O)n1. The molecular weight excluding hydrogens is 280 g/mol. The summed E-state index contributed by atoms with van der Waals surface area (Å²) in [5.74, 6) is -2.14. The van der Waals surface area contributed by atoms with Crippen molar-refractivity contribution in [2.24, 2.45) is 5.92 Å². The van der Waals surface area contributed by atoms with Crippen LogP contribution in [0.5, 0.6) is 0 Å². The fourth-order valence-electron chi connectivity index (χ4n) is 2.29. The summed E-state index contributed by atoms with van der Waals surface area (Å²) in [4.78, 5) is 28.6. The number of carbonyl (C=O) groups is 2. The molecule has 1 N–H and O–H groups in total. The number of nitrogens with zero attached hydrogens (tertiary/aromatic N) is 2. The van der Waals surface area contributed by atoms with Crippen LogP contribution in [0.15, 0.2) is 10.7 Å². The van der Waals surface area contributed by atoms with Gasteiger partial charge < -0.3 is 23.9 Å². The molecule has 1 aliphatic heterocycles. The quantitative estimate of drug-likeness (QED) is 0.769. The molecule has 2 atom stereocenters. The predicted molar refractivity (Wildman–Crippen MR) is 71.2 cm³/mol. The van der Waals surface area contributed by atoms with Gasteiger partial charge in [-0.3, -0.25) is 4.79 Å². The average molecular weight is 298 g/mol. The number of likely N-dealkylation sites (N-methyl/N-ethyl adjacent to an activating group) is 1. The van der Waals surface area contributed by atoms with E-state index in [2.05, 4.69) is 4.98 Å². The molecule has 0 saturated carbocycles. The highest BCUT2D eigenvalue weighted by Gasteiger charge is 2.39. The topological polar surface area (TPSA) is 102 Å². The van der Waals surface area contributed by atoms with Crippen molar-refractivity contribution in [3.8, 4) is 0 Å². The van der Waals surface area contributed by atoms with Crippen molar-refractivity contribution in [1.82, 2.24) is 4.98 Å². The number of carboxylic acids is 1. The molecule has 0 spiro atoms. The minimum Gasteiger partial charge on any atom is -0.481 e. The molecule has 2 unspecified atom stereocenters. The summed E-state index contributed by atoms with van der Waals surface area (Å²) < 4.78 is 15.4. The normalized spacial score (nSPS) is 21.2. The van der Waals surface area contributed by atoms with Crippen molar-refractivity contribution in [2.75, 3.05) is 31.3 Å². The molecule has 0 bridgehead atoms. The first-order chi connectivity index (χ1) is 10.1. The van der Waals surface area contributed by atoms with Crippen molar-refractivity contribution in [3.05, 3.63) is 12.0 Å². The first-order valence-electron chi connectivity index (χ1n) is 6.78. The van der Waals surface area contributed by atoms with E-state index in [0.717, 1.165) is 0 Å². The predicted octanol–water partition coefficient (Wildman–Crippen LogP) is 0.777. The summed E-state index contributed by atoms with van der Waals surface area (Å²) in [6.07, 6.45) is 1.21. The molecule has 2 rings (SSSR count). The number of hydrogen-bond donors (Lipinski definition) is 1. The van der Waals surface area contributed by atoms with Gasteiger partial charge in [0.25, 0.3) is 6.01 Å². The van der Waals surface area contributed by atoms with Crippen LogP contribution in [0.4, 0.5) is 6.01 Å². The van der Waals surface area contributed by atoms with Crippen LogP contribution in [0.1, 0.15) is 24.3 Å². The monoisotopic (exact) mass is 298 g/mol. The molecule has 0 radical (unpaired) electrons. The van der Waals surface area contributed by atoms with Gasteiger partial charge in [0, 0.05) is 6.54 Å². The molecule has 8 heteroatoms. The van der Waals surface area contributed by atoms with Crippen molar-refractivity contribution in [1.29, 1.82) is 0 Å². The van der Waals surface area contributed by atoms with Crippen LogP contribution >= 0.6 is 0 Å². The molecule has 1 aromatic rings. The van der Waals surface area contributed by atoms with Gasteiger partial charge in [0.1, 0.15) is 12.2 Å². The average Bonchev–Trinajstić information content (AvgIpc) is 3.09. The zero-order valence-electron chi connectivity index (χ0n) is 11.9. The Hall–Kier alpha value is -2.09. The Balaban J connectivity index is 2.18. The first kappa shape index (κ1) is 15.3. The van der Waals surface area contributed by atoms with Crippen LogP contribution in [0.2, 0.25) is 0 Å². The second kappa shape index (κ2) is 6.57. The van der Waals surface area contributed by atoms with Crippen LogP contribution in [0.25, 0.3) is 0 Å². The number of anilines is 1. The second-order valence-corrected chi connectivity index (χ2v) is 4.57. The van der Waals surface area contributed by atoms with E-state index in [9.17, 15) is 14.7 Å². The Morgan fingerprint density at radius 3 is 2.86 bits per heavy atom. The van der Waals surface area contributed by atoms with Gasteiger partial charge in [-0.2, -0.15) is 4.98 Å². The fourth-order valence-corrected chi connectivity index (χ4v) is 2.29. The summed E-state index contributed by atoms with van der Waals surface area (Å²) in [6, 6.07) is -0.177. The largest absolute Gasteiger partial charge is 0.481 e. The smallest absolute Gasteiger partial charge is 0.360 e. The highest BCUT2D eigenvalue weighted by Crippen LogP contribution is 2.25.